The monoisotopic (exact) mass is 272 g/mol. The van der Waals surface area contributed by atoms with Crippen molar-refractivity contribution >= 4 is 0 Å². The molecule has 1 atom stereocenters. The Labute approximate surface area is 121 Å². The molecule has 0 fully saturated rings. The summed E-state index contributed by atoms with van der Waals surface area (Å²) < 4.78 is 1.81. The minimum atomic E-state index is 0.343. The van der Waals surface area contributed by atoms with Gasteiger partial charge in [-0.15, -0.1) is 5.10 Å². The maximum absolute atomic E-state index is 3.96. The molecule has 0 aliphatic rings. The van der Waals surface area contributed by atoms with E-state index in [1.54, 1.807) is 0 Å². The Hall–Kier alpha value is -1.68. The zero-order valence-electron chi connectivity index (χ0n) is 12.8. The fourth-order valence-electron chi connectivity index (χ4n) is 2.38. The molecule has 4 nitrogen and oxygen atoms in total. The first kappa shape index (κ1) is 14.7. The summed E-state index contributed by atoms with van der Waals surface area (Å²) in [5.74, 6) is 0.531. The molecule has 0 amide bonds. The van der Waals surface area contributed by atoms with Crippen molar-refractivity contribution in [3.8, 4) is 0 Å². The normalized spacial score (nSPS) is 12.8. The zero-order valence-corrected chi connectivity index (χ0v) is 12.8. The van der Waals surface area contributed by atoms with Gasteiger partial charge in [-0.1, -0.05) is 50.3 Å². The van der Waals surface area contributed by atoms with E-state index >= 15 is 0 Å². The Kier molecular flexibility index (Phi) is 4.90. The van der Waals surface area contributed by atoms with E-state index in [0.29, 0.717) is 12.0 Å². The first-order valence-electron chi connectivity index (χ1n) is 7.27. The third kappa shape index (κ3) is 3.45. The molecule has 2 aromatic rings. The number of hydrogen-bond donors (Lipinski definition) is 1. The van der Waals surface area contributed by atoms with Crippen LogP contribution >= 0.6 is 0 Å². The Morgan fingerprint density at radius 2 is 1.90 bits per heavy atom. The molecule has 1 heterocycles. The van der Waals surface area contributed by atoms with Crippen molar-refractivity contribution in [1.29, 1.82) is 0 Å². The second-order valence-electron chi connectivity index (χ2n) is 5.55. The van der Waals surface area contributed by atoms with Crippen LogP contribution in [0.15, 0.2) is 30.5 Å². The molecule has 108 valence electrons. The van der Waals surface area contributed by atoms with Crippen LogP contribution < -0.4 is 5.32 Å². The molecule has 20 heavy (non-hydrogen) atoms. The minimum Gasteiger partial charge on any atom is -0.304 e. The largest absolute Gasteiger partial charge is 0.304 e. The predicted octanol–water partition coefficient (Wildman–Crippen LogP) is 2.86. The van der Waals surface area contributed by atoms with Gasteiger partial charge in [0.25, 0.3) is 0 Å². The van der Waals surface area contributed by atoms with Crippen molar-refractivity contribution in [3.05, 3.63) is 47.3 Å². The van der Waals surface area contributed by atoms with Crippen LogP contribution in [0.2, 0.25) is 0 Å². The summed E-state index contributed by atoms with van der Waals surface area (Å²) in [5.41, 5.74) is 3.82. The van der Waals surface area contributed by atoms with E-state index in [2.05, 4.69) is 60.7 Å². The van der Waals surface area contributed by atoms with Crippen molar-refractivity contribution < 1.29 is 0 Å². The molecule has 0 bridgehead atoms. The number of hydrogen-bond acceptors (Lipinski definition) is 3. The maximum Gasteiger partial charge on any atom is 0.0738 e. The third-order valence-electron chi connectivity index (χ3n) is 3.73. The van der Waals surface area contributed by atoms with E-state index < -0.39 is 0 Å². The average Bonchev–Trinajstić information content (AvgIpc) is 2.85. The van der Waals surface area contributed by atoms with Crippen molar-refractivity contribution in [1.82, 2.24) is 20.3 Å². The lowest BCUT2D eigenvalue weighted by Gasteiger charge is -2.23. The molecule has 1 aromatic carbocycles. The second-order valence-corrected chi connectivity index (χ2v) is 5.55. The summed E-state index contributed by atoms with van der Waals surface area (Å²) in [4.78, 5) is 0. The highest BCUT2D eigenvalue weighted by Gasteiger charge is 2.15. The summed E-state index contributed by atoms with van der Waals surface area (Å²) in [6.45, 7) is 7.45. The first-order chi connectivity index (χ1) is 9.61. The number of benzene rings is 1. The van der Waals surface area contributed by atoms with Gasteiger partial charge in [-0.2, -0.15) is 0 Å². The van der Waals surface area contributed by atoms with Crippen LogP contribution in [0.5, 0.6) is 0 Å². The standard InChI is InChI=1S/C16H24N4/c1-5-13-6-8-14(9-7-13)16(12(2)3)17-10-15-11-18-19-20(15)4/h6-9,11-12,16-17H,5,10H2,1-4H3. The van der Waals surface area contributed by atoms with Gasteiger partial charge in [0, 0.05) is 19.6 Å². The summed E-state index contributed by atoms with van der Waals surface area (Å²) >= 11 is 0. The van der Waals surface area contributed by atoms with E-state index in [1.807, 2.05) is 17.9 Å². The van der Waals surface area contributed by atoms with Crippen LogP contribution in [0, 0.1) is 5.92 Å². The second kappa shape index (κ2) is 6.66. The Bertz CT molecular complexity index is 528. The molecule has 0 saturated carbocycles. The van der Waals surface area contributed by atoms with Gasteiger partial charge in [0.15, 0.2) is 0 Å². The highest BCUT2D eigenvalue weighted by atomic mass is 15.4. The van der Waals surface area contributed by atoms with Crippen LogP contribution in [0.4, 0.5) is 0 Å². The highest BCUT2D eigenvalue weighted by Crippen LogP contribution is 2.22. The van der Waals surface area contributed by atoms with E-state index in [-0.39, 0.29) is 0 Å². The topological polar surface area (TPSA) is 42.7 Å². The van der Waals surface area contributed by atoms with Crippen molar-refractivity contribution in [3.63, 3.8) is 0 Å². The number of aryl methyl sites for hydroxylation is 2. The van der Waals surface area contributed by atoms with Gasteiger partial charge in [0.1, 0.15) is 0 Å². The molecule has 0 aliphatic heterocycles. The van der Waals surface area contributed by atoms with Gasteiger partial charge in [0.2, 0.25) is 0 Å². The Morgan fingerprint density at radius 1 is 1.20 bits per heavy atom. The lowest BCUT2D eigenvalue weighted by Crippen LogP contribution is -2.26. The minimum absolute atomic E-state index is 0.343. The SMILES string of the molecule is CCc1ccc(C(NCc2cnnn2C)C(C)C)cc1. The molecule has 1 N–H and O–H groups in total. The van der Waals surface area contributed by atoms with Crippen molar-refractivity contribution in [2.75, 3.05) is 0 Å². The maximum atomic E-state index is 3.96. The summed E-state index contributed by atoms with van der Waals surface area (Å²) in [7, 11) is 1.92. The molecule has 0 spiro atoms. The summed E-state index contributed by atoms with van der Waals surface area (Å²) in [6, 6.07) is 9.25. The molecular weight excluding hydrogens is 248 g/mol. The lowest BCUT2D eigenvalue weighted by molar-refractivity contribution is 0.404. The van der Waals surface area contributed by atoms with Gasteiger partial charge >= 0.3 is 0 Å². The molecule has 0 aliphatic carbocycles. The molecule has 0 saturated heterocycles. The van der Waals surface area contributed by atoms with E-state index in [0.717, 1.165) is 18.7 Å². The summed E-state index contributed by atoms with van der Waals surface area (Å²) in [5, 5.41) is 11.5. The van der Waals surface area contributed by atoms with E-state index in [4.69, 9.17) is 0 Å². The Balaban J connectivity index is 2.08. The molecule has 4 heteroatoms. The van der Waals surface area contributed by atoms with Gasteiger partial charge in [-0.3, -0.25) is 4.68 Å². The average molecular weight is 272 g/mol. The van der Waals surface area contributed by atoms with Gasteiger partial charge in [-0.25, -0.2) is 0 Å². The van der Waals surface area contributed by atoms with Crippen LogP contribution in [0.1, 0.15) is 43.6 Å². The van der Waals surface area contributed by atoms with Gasteiger partial charge < -0.3 is 5.32 Å². The fraction of sp³-hybridized carbons (Fsp3) is 0.500. The Morgan fingerprint density at radius 3 is 2.40 bits per heavy atom. The molecular formula is C16H24N4. The van der Waals surface area contributed by atoms with Crippen molar-refractivity contribution in [2.45, 2.75) is 39.8 Å². The zero-order chi connectivity index (χ0) is 14.5. The first-order valence-corrected chi connectivity index (χ1v) is 7.27. The molecule has 0 radical (unpaired) electrons. The molecule has 1 aromatic heterocycles. The number of rotatable bonds is 6. The molecule has 1 unspecified atom stereocenters. The lowest BCUT2D eigenvalue weighted by atomic mass is 9.95. The van der Waals surface area contributed by atoms with Crippen LogP contribution in [0.3, 0.4) is 0 Å². The predicted molar refractivity (Wildman–Crippen MR) is 81.2 cm³/mol. The van der Waals surface area contributed by atoms with Crippen LogP contribution in [-0.4, -0.2) is 15.0 Å². The van der Waals surface area contributed by atoms with E-state index in [1.165, 1.54) is 11.1 Å². The van der Waals surface area contributed by atoms with Crippen LogP contribution in [0.25, 0.3) is 0 Å². The van der Waals surface area contributed by atoms with Crippen LogP contribution in [-0.2, 0) is 20.0 Å². The van der Waals surface area contributed by atoms with E-state index in [9.17, 15) is 0 Å². The molecule has 2 rings (SSSR count). The highest BCUT2D eigenvalue weighted by molar-refractivity contribution is 5.25. The number of nitrogens with one attached hydrogen (secondary N) is 1. The number of aromatic nitrogens is 3. The van der Waals surface area contributed by atoms with Crippen molar-refractivity contribution in [2.24, 2.45) is 13.0 Å². The van der Waals surface area contributed by atoms with Gasteiger partial charge in [-0.05, 0) is 23.5 Å². The smallest absolute Gasteiger partial charge is 0.0738 e. The quantitative estimate of drug-likeness (QED) is 0.879. The van der Waals surface area contributed by atoms with Gasteiger partial charge in [0.05, 0.1) is 11.9 Å². The third-order valence-corrected chi connectivity index (χ3v) is 3.73. The fourth-order valence-corrected chi connectivity index (χ4v) is 2.38. The number of nitrogens with zero attached hydrogens (tertiary/aromatic N) is 3. The summed E-state index contributed by atoms with van der Waals surface area (Å²) in [6.07, 6.45) is 2.89.